The zero-order chi connectivity index (χ0) is 19.1. The number of anilines is 1. The number of piperidine rings is 1. The van der Waals surface area contributed by atoms with E-state index in [0.29, 0.717) is 23.7 Å². The normalized spacial score (nSPS) is 17.4. The minimum Gasteiger partial charge on any atom is -0.366 e. The van der Waals surface area contributed by atoms with Crippen molar-refractivity contribution in [3.63, 3.8) is 0 Å². The van der Waals surface area contributed by atoms with Crippen LogP contribution in [0.15, 0.2) is 18.2 Å². The maximum Gasteiger partial charge on any atom is 0.293 e. The minimum absolute atomic E-state index is 0.00972. The van der Waals surface area contributed by atoms with Gasteiger partial charge in [-0.2, -0.15) is 0 Å². The van der Waals surface area contributed by atoms with E-state index < -0.39 is 0 Å². The van der Waals surface area contributed by atoms with Crippen molar-refractivity contribution >= 4 is 17.3 Å². The summed E-state index contributed by atoms with van der Waals surface area (Å²) < 4.78 is 0. The van der Waals surface area contributed by atoms with Gasteiger partial charge in [-0.1, -0.05) is 20.8 Å². The van der Waals surface area contributed by atoms with Crippen molar-refractivity contribution in [3.8, 4) is 0 Å². The third kappa shape index (κ3) is 5.17. The molecule has 1 aliphatic rings. The summed E-state index contributed by atoms with van der Waals surface area (Å²) in [5.74, 6) is 0.255. The van der Waals surface area contributed by atoms with Gasteiger partial charge < -0.3 is 15.1 Å². The molecule has 0 radical (unpaired) electrons. The highest BCUT2D eigenvalue weighted by molar-refractivity contribution is 5.95. The van der Waals surface area contributed by atoms with Crippen LogP contribution in [0.5, 0.6) is 0 Å². The van der Waals surface area contributed by atoms with Crippen molar-refractivity contribution in [3.05, 3.63) is 33.9 Å². The van der Waals surface area contributed by atoms with E-state index in [1.807, 2.05) is 0 Å². The number of carbonyl (C=O) groups is 1. The van der Waals surface area contributed by atoms with Crippen molar-refractivity contribution in [1.29, 1.82) is 0 Å². The lowest BCUT2D eigenvalue weighted by Crippen LogP contribution is -2.35. The summed E-state index contributed by atoms with van der Waals surface area (Å²) in [5, 5.41) is 14.4. The summed E-state index contributed by atoms with van der Waals surface area (Å²) in [6.07, 6.45) is 2.18. The lowest BCUT2D eigenvalue weighted by atomic mass is 9.99. The third-order valence-corrected chi connectivity index (χ3v) is 5.04. The van der Waals surface area contributed by atoms with Crippen LogP contribution in [0.3, 0.4) is 0 Å². The fraction of sp³-hybridized carbons (Fsp3) is 0.632. The third-order valence-electron chi connectivity index (χ3n) is 5.04. The molecule has 7 nitrogen and oxygen atoms in total. The number of likely N-dealkylation sites (N-methyl/N-ethyl adjacent to an activating group) is 1. The molecule has 0 spiro atoms. The van der Waals surface area contributed by atoms with E-state index in [9.17, 15) is 14.9 Å². The van der Waals surface area contributed by atoms with Crippen LogP contribution in [0.25, 0.3) is 0 Å². The number of hydrogen-bond donors (Lipinski definition) is 1. The van der Waals surface area contributed by atoms with Gasteiger partial charge in [-0.3, -0.25) is 14.9 Å². The highest BCUT2D eigenvalue weighted by Crippen LogP contribution is 2.32. The molecular formula is C19H30N4O3. The second kappa shape index (κ2) is 9.52. The smallest absolute Gasteiger partial charge is 0.293 e. The molecule has 0 aromatic heterocycles. The molecule has 0 saturated carbocycles. The topological polar surface area (TPSA) is 78.7 Å². The first-order chi connectivity index (χ1) is 12.5. The second-order valence-electron chi connectivity index (χ2n) is 6.94. The van der Waals surface area contributed by atoms with Crippen molar-refractivity contribution < 1.29 is 9.72 Å². The molecule has 1 heterocycles. The number of carbonyl (C=O) groups excluding carboxylic acids is 1. The first-order valence-electron chi connectivity index (χ1n) is 9.50. The molecule has 1 N–H and O–H groups in total. The van der Waals surface area contributed by atoms with E-state index in [-0.39, 0.29) is 16.5 Å². The van der Waals surface area contributed by atoms with Crippen LogP contribution in [-0.2, 0) is 0 Å². The van der Waals surface area contributed by atoms with Crippen molar-refractivity contribution in [2.75, 3.05) is 44.2 Å². The summed E-state index contributed by atoms with van der Waals surface area (Å²) in [6, 6.07) is 4.81. The number of nitrogens with one attached hydrogen (secondary N) is 1. The van der Waals surface area contributed by atoms with E-state index in [4.69, 9.17) is 0 Å². The first-order valence-corrected chi connectivity index (χ1v) is 9.50. The predicted octanol–water partition coefficient (Wildman–Crippen LogP) is 2.90. The fourth-order valence-electron chi connectivity index (χ4n) is 3.46. The van der Waals surface area contributed by atoms with E-state index in [2.05, 4.69) is 35.9 Å². The van der Waals surface area contributed by atoms with Gasteiger partial charge >= 0.3 is 0 Å². The molecule has 1 aromatic rings. The summed E-state index contributed by atoms with van der Waals surface area (Å²) in [7, 11) is 0. The van der Waals surface area contributed by atoms with Crippen LogP contribution in [-0.4, -0.2) is 55.0 Å². The number of nitro groups is 1. The molecule has 1 amide bonds. The van der Waals surface area contributed by atoms with Gasteiger partial charge in [-0.15, -0.1) is 0 Å². The van der Waals surface area contributed by atoms with E-state index in [0.717, 1.165) is 45.6 Å². The average Bonchev–Trinajstić information content (AvgIpc) is 2.64. The molecule has 1 fully saturated rings. The number of amides is 1. The number of nitro benzene ring substituents is 1. The molecule has 0 aliphatic carbocycles. The molecule has 0 bridgehead atoms. The molecule has 1 aliphatic heterocycles. The summed E-state index contributed by atoms with van der Waals surface area (Å²) in [4.78, 5) is 27.8. The molecule has 1 unspecified atom stereocenters. The Balaban J connectivity index is 2.09. The number of rotatable bonds is 8. The zero-order valence-corrected chi connectivity index (χ0v) is 16.0. The van der Waals surface area contributed by atoms with Gasteiger partial charge in [0, 0.05) is 37.8 Å². The van der Waals surface area contributed by atoms with E-state index in [1.165, 1.54) is 6.07 Å². The van der Waals surface area contributed by atoms with Crippen LogP contribution in [0, 0.1) is 16.0 Å². The quantitative estimate of drug-likeness (QED) is 0.568. The molecule has 26 heavy (non-hydrogen) atoms. The fourth-order valence-corrected chi connectivity index (χ4v) is 3.46. The number of hydrogen-bond acceptors (Lipinski definition) is 5. The summed E-state index contributed by atoms with van der Waals surface area (Å²) in [5.41, 5.74) is 0.960. The highest BCUT2D eigenvalue weighted by atomic mass is 16.6. The molecule has 144 valence electrons. The maximum atomic E-state index is 12.4. The Morgan fingerprint density at radius 2 is 2.12 bits per heavy atom. The van der Waals surface area contributed by atoms with Crippen molar-refractivity contribution in [1.82, 2.24) is 10.2 Å². The van der Waals surface area contributed by atoms with Gasteiger partial charge in [0.25, 0.3) is 11.6 Å². The van der Waals surface area contributed by atoms with Crippen LogP contribution in [0.2, 0.25) is 0 Å². The molecule has 1 aromatic carbocycles. The van der Waals surface area contributed by atoms with Gasteiger partial charge in [-0.05, 0) is 44.0 Å². The Morgan fingerprint density at radius 3 is 2.73 bits per heavy atom. The first kappa shape index (κ1) is 20.2. The SMILES string of the molecule is CCN(CC)CCNC(=O)c1ccc(N2CCCC(C)C2)c([N+](=O)[O-])c1. The predicted molar refractivity (Wildman–Crippen MR) is 104 cm³/mol. The zero-order valence-electron chi connectivity index (χ0n) is 16.0. The monoisotopic (exact) mass is 362 g/mol. The Bertz CT molecular complexity index is 631. The van der Waals surface area contributed by atoms with Crippen molar-refractivity contribution in [2.24, 2.45) is 5.92 Å². The average molecular weight is 362 g/mol. The van der Waals surface area contributed by atoms with Crippen molar-refractivity contribution in [2.45, 2.75) is 33.6 Å². The van der Waals surface area contributed by atoms with Gasteiger partial charge in [0.1, 0.15) is 5.69 Å². The van der Waals surface area contributed by atoms with E-state index >= 15 is 0 Å². The largest absolute Gasteiger partial charge is 0.366 e. The lowest BCUT2D eigenvalue weighted by Gasteiger charge is -2.32. The van der Waals surface area contributed by atoms with Crippen LogP contribution in [0.1, 0.15) is 44.0 Å². The molecular weight excluding hydrogens is 332 g/mol. The Hall–Kier alpha value is -2.15. The lowest BCUT2D eigenvalue weighted by molar-refractivity contribution is -0.384. The Labute approximate surface area is 155 Å². The molecule has 1 saturated heterocycles. The van der Waals surface area contributed by atoms with E-state index in [1.54, 1.807) is 12.1 Å². The highest BCUT2D eigenvalue weighted by Gasteiger charge is 2.25. The van der Waals surface area contributed by atoms with Crippen LogP contribution in [0.4, 0.5) is 11.4 Å². The summed E-state index contributed by atoms with van der Waals surface area (Å²) >= 11 is 0. The van der Waals surface area contributed by atoms with Gasteiger partial charge in [0.2, 0.25) is 0 Å². The minimum atomic E-state index is -0.388. The summed E-state index contributed by atoms with van der Waals surface area (Å²) in [6.45, 7) is 11.1. The maximum absolute atomic E-state index is 12.4. The molecule has 1 atom stereocenters. The van der Waals surface area contributed by atoms with Crippen LogP contribution >= 0.6 is 0 Å². The second-order valence-corrected chi connectivity index (χ2v) is 6.94. The van der Waals surface area contributed by atoms with Gasteiger partial charge in [-0.25, -0.2) is 0 Å². The Morgan fingerprint density at radius 1 is 1.38 bits per heavy atom. The van der Waals surface area contributed by atoms with Gasteiger partial charge in [0.15, 0.2) is 0 Å². The number of benzene rings is 1. The standard InChI is InChI=1S/C19H30N4O3/c1-4-21(5-2)12-10-20-19(24)16-8-9-17(18(13-16)23(25)26)22-11-6-7-15(3)14-22/h8-9,13,15H,4-7,10-12,14H2,1-3H3,(H,20,24). The number of nitrogens with zero attached hydrogens (tertiary/aromatic N) is 3. The molecule has 7 heteroatoms. The Kier molecular flexibility index (Phi) is 7.38. The van der Waals surface area contributed by atoms with Crippen LogP contribution < -0.4 is 10.2 Å². The van der Waals surface area contributed by atoms with Gasteiger partial charge in [0.05, 0.1) is 4.92 Å². The molecule has 2 rings (SSSR count).